The fraction of sp³-hybridized carbons (Fsp3) is 0. The van der Waals surface area contributed by atoms with Crippen LogP contribution in [0, 0.1) is 0 Å². The van der Waals surface area contributed by atoms with Crippen molar-refractivity contribution in [2.24, 2.45) is 0 Å². The summed E-state index contributed by atoms with van der Waals surface area (Å²) in [5.41, 5.74) is 6.24. The van der Waals surface area contributed by atoms with Gasteiger partial charge < -0.3 is 0 Å². The maximum Gasteiger partial charge on any atom is 0.0270 e. The molecule has 1 aromatic heterocycles. The lowest BCUT2D eigenvalue weighted by molar-refractivity contribution is 1.58. The first-order valence-corrected chi connectivity index (χ1v) is 10.7. The molecule has 0 bridgehead atoms. The van der Waals surface area contributed by atoms with Gasteiger partial charge in [-0.25, -0.2) is 0 Å². The first-order chi connectivity index (χ1) is 14.4. The maximum absolute atomic E-state index is 2.31. The minimum Gasteiger partial charge on any atom is -0.144 e. The van der Waals surface area contributed by atoms with Crippen molar-refractivity contribution < 1.29 is 0 Å². The molecule has 1 heterocycles. The molecule has 1 heteroatoms. The Hall–Kier alpha value is -3.42. The molecule has 29 heavy (non-hydrogen) atoms. The summed E-state index contributed by atoms with van der Waals surface area (Å²) in [5, 5.41) is 4.67. The smallest absolute Gasteiger partial charge is 0.0270 e. The SMILES string of the molecule is C(=C\c1cc(-c2cccc3ccccc23)ccc1-c1ccccc1)/c1cccs1. The molecular formula is C28H20S. The van der Waals surface area contributed by atoms with Gasteiger partial charge in [-0.15, -0.1) is 11.3 Å². The topological polar surface area (TPSA) is 0 Å². The van der Waals surface area contributed by atoms with Gasteiger partial charge in [0.2, 0.25) is 0 Å². The van der Waals surface area contributed by atoms with Crippen LogP contribution in [0.4, 0.5) is 0 Å². The van der Waals surface area contributed by atoms with Crippen LogP contribution in [0.15, 0.2) is 109 Å². The molecule has 0 spiro atoms. The summed E-state index contributed by atoms with van der Waals surface area (Å²) in [4.78, 5) is 1.26. The normalized spacial score (nSPS) is 11.3. The van der Waals surface area contributed by atoms with Crippen molar-refractivity contribution in [1.82, 2.24) is 0 Å². The molecule has 0 saturated heterocycles. The van der Waals surface area contributed by atoms with Crippen LogP contribution in [0.1, 0.15) is 10.4 Å². The van der Waals surface area contributed by atoms with E-state index in [4.69, 9.17) is 0 Å². The third-order valence-electron chi connectivity index (χ3n) is 5.21. The van der Waals surface area contributed by atoms with Crippen LogP contribution in [0.5, 0.6) is 0 Å². The van der Waals surface area contributed by atoms with Crippen molar-refractivity contribution in [3.8, 4) is 22.3 Å². The van der Waals surface area contributed by atoms with E-state index >= 15 is 0 Å². The molecule has 0 saturated carbocycles. The van der Waals surface area contributed by atoms with Gasteiger partial charge in [-0.2, -0.15) is 0 Å². The van der Waals surface area contributed by atoms with Crippen molar-refractivity contribution in [2.45, 2.75) is 0 Å². The summed E-state index contributed by atoms with van der Waals surface area (Å²) in [5.74, 6) is 0. The first-order valence-electron chi connectivity index (χ1n) is 9.78. The highest BCUT2D eigenvalue weighted by Gasteiger charge is 2.08. The van der Waals surface area contributed by atoms with Crippen LogP contribution < -0.4 is 0 Å². The van der Waals surface area contributed by atoms with E-state index in [1.54, 1.807) is 11.3 Å². The van der Waals surface area contributed by atoms with Gasteiger partial charge in [-0.05, 0) is 62.2 Å². The fourth-order valence-corrected chi connectivity index (χ4v) is 4.40. The molecule has 4 aromatic carbocycles. The zero-order valence-corrected chi connectivity index (χ0v) is 16.8. The molecule has 0 amide bonds. The highest BCUT2D eigenvalue weighted by molar-refractivity contribution is 7.10. The second kappa shape index (κ2) is 7.90. The summed E-state index contributed by atoms with van der Waals surface area (Å²) < 4.78 is 0. The van der Waals surface area contributed by atoms with Crippen molar-refractivity contribution in [2.75, 3.05) is 0 Å². The molecule has 0 N–H and O–H groups in total. The lowest BCUT2D eigenvalue weighted by Gasteiger charge is -2.12. The highest BCUT2D eigenvalue weighted by atomic mass is 32.1. The average Bonchev–Trinajstić information content (AvgIpc) is 3.31. The molecular weight excluding hydrogens is 368 g/mol. The molecule has 0 radical (unpaired) electrons. The molecule has 0 nitrogen and oxygen atoms in total. The fourth-order valence-electron chi connectivity index (χ4n) is 3.78. The lowest BCUT2D eigenvalue weighted by Crippen LogP contribution is -1.87. The van der Waals surface area contributed by atoms with E-state index in [1.165, 1.54) is 43.5 Å². The van der Waals surface area contributed by atoms with E-state index in [1.807, 2.05) is 0 Å². The van der Waals surface area contributed by atoms with E-state index < -0.39 is 0 Å². The number of rotatable bonds is 4. The summed E-state index contributed by atoms with van der Waals surface area (Å²) in [7, 11) is 0. The zero-order chi connectivity index (χ0) is 19.5. The predicted octanol–water partition coefficient (Wildman–Crippen LogP) is 8.41. The van der Waals surface area contributed by atoms with Crippen LogP contribution in [-0.2, 0) is 0 Å². The Morgan fingerprint density at radius 2 is 1.38 bits per heavy atom. The largest absolute Gasteiger partial charge is 0.144 e. The third-order valence-corrected chi connectivity index (χ3v) is 6.04. The van der Waals surface area contributed by atoms with Gasteiger partial charge in [0.25, 0.3) is 0 Å². The minimum absolute atomic E-state index is 1.23. The van der Waals surface area contributed by atoms with E-state index in [2.05, 4.69) is 121 Å². The number of hydrogen-bond donors (Lipinski definition) is 0. The molecule has 0 aliphatic heterocycles. The molecule has 0 aliphatic carbocycles. The van der Waals surface area contributed by atoms with Gasteiger partial charge in [0.05, 0.1) is 0 Å². The molecule has 138 valence electrons. The predicted molar refractivity (Wildman–Crippen MR) is 128 cm³/mol. The Balaban J connectivity index is 1.67. The minimum atomic E-state index is 1.23. The monoisotopic (exact) mass is 388 g/mol. The van der Waals surface area contributed by atoms with E-state index in [0.717, 1.165) is 0 Å². The van der Waals surface area contributed by atoms with Crippen molar-refractivity contribution in [1.29, 1.82) is 0 Å². The van der Waals surface area contributed by atoms with Gasteiger partial charge in [0, 0.05) is 4.88 Å². The lowest BCUT2D eigenvalue weighted by atomic mass is 9.92. The van der Waals surface area contributed by atoms with Gasteiger partial charge in [-0.3, -0.25) is 0 Å². The molecule has 5 rings (SSSR count). The van der Waals surface area contributed by atoms with Gasteiger partial charge >= 0.3 is 0 Å². The Morgan fingerprint density at radius 1 is 0.552 bits per heavy atom. The average molecular weight is 389 g/mol. The van der Waals surface area contributed by atoms with E-state index in [-0.39, 0.29) is 0 Å². The van der Waals surface area contributed by atoms with Crippen LogP contribution >= 0.6 is 11.3 Å². The Kier molecular flexibility index (Phi) is 4.81. The van der Waals surface area contributed by atoms with Crippen LogP contribution in [0.3, 0.4) is 0 Å². The van der Waals surface area contributed by atoms with Crippen LogP contribution in [0.2, 0.25) is 0 Å². The maximum atomic E-state index is 2.31. The van der Waals surface area contributed by atoms with Crippen molar-refractivity contribution >= 4 is 34.3 Å². The Bertz CT molecular complexity index is 1270. The third kappa shape index (κ3) is 3.65. The van der Waals surface area contributed by atoms with Crippen LogP contribution in [0.25, 0.3) is 45.2 Å². The molecule has 5 aromatic rings. The summed E-state index contributed by atoms with van der Waals surface area (Å²) >= 11 is 1.76. The number of thiophene rings is 1. The number of fused-ring (bicyclic) bond motifs is 1. The standard InChI is InChI=1S/C28H20S/c1-2-8-21(9-3-1)26-18-16-24(20-23(26)15-17-25-12-7-19-29-25)28-14-6-11-22-10-4-5-13-27(22)28/h1-20H/b17-15+. The molecule has 0 aliphatic rings. The van der Waals surface area contributed by atoms with Gasteiger partial charge in [0.15, 0.2) is 0 Å². The molecule has 0 atom stereocenters. The second-order valence-electron chi connectivity index (χ2n) is 7.04. The summed E-state index contributed by atoms with van der Waals surface area (Å²) in [6.07, 6.45) is 4.45. The molecule has 0 fully saturated rings. The van der Waals surface area contributed by atoms with Gasteiger partial charge in [0.1, 0.15) is 0 Å². The number of hydrogen-bond acceptors (Lipinski definition) is 1. The Labute approximate surface area is 175 Å². The van der Waals surface area contributed by atoms with Gasteiger partial charge in [-0.1, -0.05) is 97.1 Å². The summed E-state index contributed by atoms with van der Waals surface area (Å²) in [6.45, 7) is 0. The van der Waals surface area contributed by atoms with Crippen molar-refractivity contribution in [3.05, 3.63) is 119 Å². The zero-order valence-electron chi connectivity index (χ0n) is 16.0. The first kappa shape index (κ1) is 17.7. The van der Waals surface area contributed by atoms with E-state index in [9.17, 15) is 0 Å². The quantitative estimate of drug-likeness (QED) is 0.290. The molecule has 0 unspecified atom stereocenters. The van der Waals surface area contributed by atoms with Crippen molar-refractivity contribution in [3.63, 3.8) is 0 Å². The Morgan fingerprint density at radius 3 is 2.24 bits per heavy atom. The van der Waals surface area contributed by atoms with E-state index in [0.29, 0.717) is 0 Å². The van der Waals surface area contributed by atoms with Crippen LogP contribution in [-0.4, -0.2) is 0 Å². The second-order valence-corrected chi connectivity index (χ2v) is 8.02. The summed E-state index contributed by atoms with van der Waals surface area (Å²) in [6, 6.07) is 36.8. The number of benzene rings is 4. The highest BCUT2D eigenvalue weighted by Crippen LogP contribution is 2.33.